The molecule has 0 saturated carbocycles. The van der Waals surface area contributed by atoms with Gasteiger partial charge in [0.15, 0.2) is 0 Å². The van der Waals surface area contributed by atoms with E-state index in [1.165, 1.54) is 12.1 Å². The lowest BCUT2D eigenvalue weighted by Gasteiger charge is -1.94. The van der Waals surface area contributed by atoms with Crippen molar-refractivity contribution in [1.29, 1.82) is 0 Å². The molecule has 0 saturated heterocycles. The Morgan fingerprint density at radius 1 is 0.963 bits per heavy atom. The molecule has 2 aromatic rings. The Balaban J connectivity index is 0.000000387. The number of carboxylic acids is 1. The lowest BCUT2D eigenvalue weighted by Crippen LogP contribution is -2.21. The molecule has 2 rings (SSSR count). The van der Waals surface area contributed by atoms with Crippen molar-refractivity contribution in [3.8, 4) is 0 Å². The van der Waals surface area contributed by atoms with Crippen LogP contribution in [-0.2, 0) is 9.59 Å². The van der Waals surface area contributed by atoms with Crippen molar-refractivity contribution in [1.82, 2.24) is 0 Å². The van der Waals surface area contributed by atoms with Crippen LogP contribution in [-0.4, -0.2) is 23.3 Å². The third-order valence-corrected chi connectivity index (χ3v) is 3.74. The summed E-state index contributed by atoms with van der Waals surface area (Å²) in [6.07, 6.45) is -3.68. The van der Waals surface area contributed by atoms with Crippen LogP contribution in [0.1, 0.15) is 0 Å². The first-order chi connectivity index (χ1) is 12.4. The molecule has 0 aliphatic rings. The average Bonchev–Trinajstić information content (AvgIpc) is 2.55. The van der Waals surface area contributed by atoms with Crippen molar-refractivity contribution in [3.63, 3.8) is 0 Å². The smallest absolute Gasteiger partial charge is 0.475 e. The van der Waals surface area contributed by atoms with E-state index < -0.39 is 12.1 Å². The van der Waals surface area contributed by atoms with Gasteiger partial charge in [-0.15, -0.1) is 0 Å². The molecule has 5 nitrogen and oxygen atoms in total. The van der Waals surface area contributed by atoms with Gasteiger partial charge in [-0.1, -0.05) is 46.4 Å². The van der Waals surface area contributed by atoms with Crippen molar-refractivity contribution in [3.05, 3.63) is 56.5 Å². The second-order valence-electron chi connectivity index (χ2n) is 4.28. The first kappa shape index (κ1) is 25.0. The van der Waals surface area contributed by atoms with Crippen molar-refractivity contribution in [2.75, 3.05) is 5.73 Å². The molecule has 0 fully saturated rings. The second kappa shape index (κ2) is 11.7. The maximum absolute atomic E-state index is 10.6. The summed E-state index contributed by atoms with van der Waals surface area (Å²) in [4.78, 5) is 22.1. The van der Waals surface area contributed by atoms with E-state index in [2.05, 4.69) is 4.99 Å². The van der Waals surface area contributed by atoms with Crippen molar-refractivity contribution in [2.45, 2.75) is 6.18 Å². The number of aliphatic imine (C=N–C) groups is 1. The Morgan fingerprint density at radius 3 is 1.74 bits per heavy atom. The van der Waals surface area contributed by atoms with Gasteiger partial charge in [-0.2, -0.15) is 18.2 Å². The molecule has 12 heteroatoms. The zero-order valence-corrected chi connectivity index (χ0v) is 15.9. The standard InChI is InChI=1S/C7H3Cl2NO.C6H5Cl2N.C2HF3O2/c8-6-2-1-5(10-4-11)3-7(6)9;7-5-2-1-4(9)3-6(5)8;3-2(4,5)1(6)7/h1-3H;1-3H,9H2;(H,6,7). The molecular weight excluding hydrogens is 455 g/mol. The Kier molecular flexibility index (Phi) is 10.8. The number of rotatable bonds is 1. The largest absolute Gasteiger partial charge is 0.490 e. The van der Waals surface area contributed by atoms with Crippen molar-refractivity contribution < 1.29 is 27.9 Å². The van der Waals surface area contributed by atoms with Gasteiger partial charge in [0.05, 0.1) is 25.8 Å². The summed E-state index contributed by atoms with van der Waals surface area (Å²) < 4.78 is 31.7. The number of aliphatic carboxylic acids is 1. The number of benzene rings is 2. The fraction of sp³-hybridized carbons (Fsp3) is 0.0667. The van der Waals surface area contributed by atoms with E-state index in [0.717, 1.165) is 0 Å². The van der Waals surface area contributed by atoms with Crippen LogP contribution in [0, 0.1) is 0 Å². The molecule has 0 amide bonds. The number of nitrogen functional groups attached to an aromatic ring is 1. The molecule has 146 valence electrons. The summed E-state index contributed by atoms with van der Waals surface area (Å²) in [6.45, 7) is 0. The van der Waals surface area contributed by atoms with E-state index in [1.807, 2.05) is 0 Å². The SMILES string of the molecule is Nc1ccc(Cl)c(Cl)c1.O=C(O)C(F)(F)F.O=C=Nc1ccc(Cl)c(Cl)c1. The Bertz CT molecular complexity index is 842. The van der Waals surface area contributed by atoms with Crippen LogP contribution < -0.4 is 5.73 Å². The molecule has 0 bridgehead atoms. The van der Waals surface area contributed by atoms with Crippen LogP contribution in [0.2, 0.25) is 20.1 Å². The summed E-state index contributed by atoms with van der Waals surface area (Å²) in [6, 6.07) is 9.63. The Morgan fingerprint density at radius 2 is 1.41 bits per heavy atom. The zero-order valence-electron chi connectivity index (χ0n) is 12.9. The van der Waals surface area contributed by atoms with Crippen LogP contribution in [0.15, 0.2) is 41.4 Å². The highest BCUT2D eigenvalue weighted by Gasteiger charge is 2.38. The lowest BCUT2D eigenvalue weighted by molar-refractivity contribution is -0.192. The number of hydrogen-bond acceptors (Lipinski definition) is 4. The van der Waals surface area contributed by atoms with E-state index in [1.54, 1.807) is 30.3 Å². The van der Waals surface area contributed by atoms with Crippen LogP contribution in [0.25, 0.3) is 0 Å². The fourth-order valence-electron chi connectivity index (χ4n) is 1.12. The van der Waals surface area contributed by atoms with E-state index in [4.69, 9.17) is 62.0 Å². The number of carbonyl (C=O) groups is 1. The maximum atomic E-state index is 10.6. The molecular formula is C15H9Cl4F3N2O3. The number of hydrogen-bond donors (Lipinski definition) is 2. The van der Waals surface area contributed by atoms with Crippen LogP contribution in [0.4, 0.5) is 24.5 Å². The zero-order chi connectivity index (χ0) is 21.2. The normalized spacial score (nSPS) is 9.74. The number of carbonyl (C=O) groups excluding carboxylic acids is 1. The van der Waals surface area contributed by atoms with E-state index in [9.17, 15) is 18.0 Å². The second-order valence-corrected chi connectivity index (χ2v) is 5.91. The summed E-state index contributed by atoms with van der Waals surface area (Å²) in [5, 5.41) is 8.97. The van der Waals surface area contributed by atoms with E-state index in [-0.39, 0.29) is 0 Å². The molecule has 0 aromatic heterocycles. The molecule has 0 unspecified atom stereocenters. The average molecular weight is 464 g/mol. The van der Waals surface area contributed by atoms with Gasteiger partial charge in [0, 0.05) is 5.69 Å². The van der Waals surface area contributed by atoms with E-state index >= 15 is 0 Å². The Hall–Kier alpha value is -1.96. The fourth-order valence-corrected chi connectivity index (χ4v) is 1.72. The van der Waals surface area contributed by atoms with Crippen LogP contribution in [0.5, 0.6) is 0 Å². The third kappa shape index (κ3) is 10.7. The highest BCUT2D eigenvalue weighted by atomic mass is 35.5. The number of halogens is 7. The number of isocyanates is 1. The molecule has 0 radical (unpaired) electrons. The molecule has 0 atom stereocenters. The number of nitrogens with two attached hydrogens (primary N) is 1. The molecule has 27 heavy (non-hydrogen) atoms. The summed E-state index contributed by atoms with van der Waals surface area (Å²) >= 11 is 22.4. The van der Waals surface area contributed by atoms with Gasteiger partial charge in [-0.05, 0) is 36.4 Å². The number of carboxylic acid groups (broad SMARTS) is 1. The Labute approximate surface area is 171 Å². The predicted octanol–water partition coefficient (Wildman–Crippen LogP) is 6.17. The van der Waals surface area contributed by atoms with Gasteiger partial charge in [0.25, 0.3) is 0 Å². The highest BCUT2D eigenvalue weighted by molar-refractivity contribution is 6.42. The van der Waals surface area contributed by atoms with Crippen LogP contribution in [0.3, 0.4) is 0 Å². The van der Waals surface area contributed by atoms with Gasteiger partial charge in [-0.25, -0.2) is 9.59 Å². The monoisotopic (exact) mass is 462 g/mol. The van der Waals surface area contributed by atoms with Crippen molar-refractivity contribution >= 4 is 69.8 Å². The highest BCUT2D eigenvalue weighted by Crippen LogP contribution is 2.26. The number of anilines is 1. The van der Waals surface area contributed by atoms with Gasteiger partial charge in [0.2, 0.25) is 6.08 Å². The summed E-state index contributed by atoms with van der Waals surface area (Å²) in [5.41, 5.74) is 6.47. The minimum Gasteiger partial charge on any atom is -0.475 e. The molecule has 0 spiro atoms. The third-order valence-electron chi connectivity index (χ3n) is 2.26. The van der Waals surface area contributed by atoms with Gasteiger partial charge >= 0.3 is 12.1 Å². The first-order valence-electron chi connectivity index (χ1n) is 6.42. The van der Waals surface area contributed by atoms with Gasteiger partial charge in [-0.3, -0.25) is 0 Å². The lowest BCUT2D eigenvalue weighted by atomic mass is 10.3. The van der Waals surface area contributed by atoms with Crippen molar-refractivity contribution in [2.24, 2.45) is 4.99 Å². The molecule has 0 heterocycles. The summed E-state index contributed by atoms with van der Waals surface area (Å²) in [7, 11) is 0. The van der Waals surface area contributed by atoms with Gasteiger partial charge in [0.1, 0.15) is 0 Å². The molecule has 3 N–H and O–H groups in total. The summed E-state index contributed by atoms with van der Waals surface area (Å²) in [5.74, 6) is -2.76. The van der Waals surface area contributed by atoms with Crippen LogP contribution >= 0.6 is 46.4 Å². The minimum atomic E-state index is -5.08. The number of alkyl halides is 3. The quantitative estimate of drug-likeness (QED) is 0.300. The predicted molar refractivity (Wildman–Crippen MR) is 98.8 cm³/mol. The van der Waals surface area contributed by atoms with E-state index in [0.29, 0.717) is 31.5 Å². The topological polar surface area (TPSA) is 92.8 Å². The molecule has 0 aliphatic carbocycles. The molecule has 2 aromatic carbocycles. The van der Waals surface area contributed by atoms with Gasteiger partial charge < -0.3 is 10.8 Å². The molecule has 0 aliphatic heterocycles. The first-order valence-corrected chi connectivity index (χ1v) is 7.93. The number of nitrogens with zero attached hydrogens (tertiary/aromatic N) is 1. The minimum absolute atomic E-state index is 0.378. The maximum Gasteiger partial charge on any atom is 0.490 e.